The fourth-order valence-corrected chi connectivity index (χ4v) is 3.49. The molecule has 0 aliphatic carbocycles. The molecule has 2 heterocycles. The molecule has 2 aromatic carbocycles. The molecule has 0 bridgehead atoms. The molecular formula is C20H20FN3O2. The lowest BCUT2D eigenvalue weighted by atomic mass is 9.95. The first kappa shape index (κ1) is 16.6. The van der Waals surface area contributed by atoms with Gasteiger partial charge in [-0.25, -0.2) is 9.37 Å². The molecule has 1 fully saturated rings. The number of aromatic nitrogens is 2. The number of likely N-dealkylation sites (tertiary alicyclic amines) is 1. The molecule has 1 amide bonds. The zero-order valence-corrected chi connectivity index (χ0v) is 14.5. The van der Waals surface area contributed by atoms with E-state index in [1.165, 1.54) is 12.1 Å². The van der Waals surface area contributed by atoms with Crippen molar-refractivity contribution in [1.82, 2.24) is 14.9 Å². The van der Waals surface area contributed by atoms with Crippen LogP contribution in [0.15, 0.2) is 42.5 Å². The van der Waals surface area contributed by atoms with Crippen LogP contribution in [0.5, 0.6) is 5.75 Å². The summed E-state index contributed by atoms with van der Waals surface area (Å²) in [7, 11) is 1.59. The van der Waals surface area contributed by atoms with Crippen molar-refractivity contribution in [2.24, 2.45) is 0 Å². The number of methoxy groups -OCH3 is 1. The van der Waals surface area contributed by atoms with Gasteiger partial charge in [0.25, 0.3) is 5.91 Å². The van der Waals surface area contributed by atoms with E-state index in [1.807, 2.05) is 23.1 Å². The number of imidazole rings is 1. The SMILES string of the molecule is COc1cccc(C(=O)N2CCC(c3nc4ccc(F)cc4[nH]3)CC2)c1. The van der Waals surface area contributed by atoms with Gasteiger partial charge in [-0.05, 0) is 49.2 Å². The summed E-state index contributed by atoms with van der Waals surface area (Å²) in [5.74, 6) is 1.56. The van der Waals surface area contributed by atoms with Crippen molar-refractivity contribution in [1.29, 1.82) is 0 Å². The molecule has 1 aliphatic rings. The maximum absolute atomic E-state index is 13.3. The van der Waals surface area contributed by atoms with Gasteiger partial charge in [0, 0.05) is 24.6 Å². The predicted octanol–water partition coefficient (Wildman–Crippen LogP) is 3.73. The van der Waals surface area contributed by atoms with Gasteiger partial charge in [-0.1, -0.05) is 6.07 Å². The van der Waals surface area contributed by atoms with Crippen LogP contribution in [0, 0.1) is 5.82 Å². The van der Waals surface area contributed by atoms with E-state index in [1.54, 1.807) is 19.2 Å². The van der Waals surface area contributed by atoms with Gasteiger partial charge in [0.15, 0.2) is 0 Å². The number of hydrogen-bond acceptors (Lipinski definition) is 3. The highest BCUT2D eigenvalue weighted by Gasteiger charge is 2.26. The fourth-order valence-electron chi connectivity index (χ4n) is 3.49. The molecule has 5 nitrogen and oxygen atoms in total. The van der Waals surface area contributed by atoms with Crippen LogP contribution >= 0.6 is 0 Å². The minimum atomic E-state index is -0.272. The van der Waals surface area contributed by atoms with E-state index in [-0.39, 0.29) is 17.6 Å². The number of piperidine rings is 1. The molecule has 1 N–H and O–H groups in total. The van der Waals surface area contributed by atoms with Crippen molar-refractivity contribution in [2.45, 2.75) is 18.8 Å². The maximum atomic E-state index is 13.3. The third-order valence-electron chi connectivity index (χ3n) is 4.95. The van der Waals surface area contributed by atoms with Gasteiger partial charge in [-0.2, -0.15) is 0 Å². The maximum Gasteiger partial charge on any atom is 0.253 e. The molecule has 26 heavy (non-hydrogen) atoms. The summed E-state index contributed by atoms with van der Waals surface area (Å²) in [6.07, 6.45) is 1.66. The summed E-state index contributed by atoms with van der Waals surface area (Å²) in [5, 5.41) is 0. The van der Waals surface area contributed by atoms with Crippen LogP contribution in [-0.2, 0) is 0 Å². The summed E-state index contributed by atoms with van der Waals surface area (Å²) in [5.41, 5.74) is 2.13. The van der Waals surface area contributed by atoms with Gasteiger partial charge in [-0.15, -0.1) is 0 Å². The van der Waals surface area contributed by atoms with Gasteiger partial charge < -0.3 is 14.6 Å². The Kier molecular flexibility index (Phi) is 4.32. The Morgan fingerprint density at radius 1 is 1.23 bits per heavy atom. The van der Waals surface area contributed by atoms with Crippen molar-refractivity contribution in [3.63, 3.8) is 0 Å². The summed E-state index contributed by atoms with van der Waals surface area (Å²) in [6.45, 7) is 1.35. The largest absolute Gasteiger partial charge is 0.497 e. The monoisotopic (exact) mass is 353 g/mol. The van der Waals surface area contributed by atoms with Gasteiger partial charge in [0.1, 0.15) is 17.4 Å². The Morgan fingerprint density at radius 2 is 2.04 bits per heavy atom. The first-order valence-corrected chi connectivity index (χ1v) is 8.72. The van der Waals surface area contributed by atoms with E-state index in [4.69, 9.17) is 4.74 Å². The number of amides is 1. The Hall–Kier alpha value is -2.89. The second kappa shape index (κ2) is 6.78. The second-order valence-corrected chi connectivity index (χ2v) is 6.58. The molecule has 0 radical (unpaired) electrons. The molecule has 3 aromatic rings. The van der Waals surface area contributed by atoms with Crippen LogP contribution in [0.1, 0.15) is 34.9 Å². The van der Waals surface area contributed by atoms with Crippen molar-refractivity contribution >= 4 is 16.9 Å². The molecule has 4 rings (SSSR count). The number of aromatic amines is 1. The molecular weight excluding hydrogens is 333 g/mol. The third-order valence-corrected chi connectivity index (χ3v) is 4.95. The normalized spacial score (nSPS) is 15.4. The van der Waals surface area contributed by atoms with Crippen LogP contribution < -0.4 is 4.74 Å². The van der Waals surface area contributed by atoms with Gasteiger partial charge in [0.2, 0.25) is 0 Å². The fraction of sp³-hybridized carbons (Fsp3) is 0.300. The first-order chi connectivity index (χ1) is 12.6. The number of nitrogens with zero attached hydrogens (tertiary/aromatic N) is 2. The molecule has 0 spiro atoms. The number of nitrogens with one attached hydrogen (secondary N) is 1. The Bertz CT molecular complexity index is 945. The number of rotatable bonds is 3. The van der Waals surface area contributed by atoms with Crippen LogP contribution in [0.3, 0.4) is 0 Å². The first-order valence-electron chi connectivity index (χ1n) is 8.72. The van der Waals surface area contributed by atoms with E-state index >= 15 is 0 Å². The minimum absolute atomic E-state index is 0.0222. The summed E-state index contributed by atoms with van der Waals surface area (Å²) in [6, 6.07) is 11.8. The summed E-state index contributed by atoms with van der Waals surface area (Å²) < 4.78 is 18.5. The lowest BCUT2D eigenvalue weighted by molar-refractivity contribution is 0.0711. The lowest BCUT2D eigenvalue weighted by Gasteiger charge is -2.31. The summed E-state index contributed by atoms with van der Waals surface area (Å²) in [4.78, 5) is 22.4. The molecule has 134 valence electrons. The number of benzene rings is 2. The van der Waals surface area contributed by atoms with E-state index in [0.717, 1.165) is 29.7 Å². The van der Waals surface area contributed by atoms with E-state index < -0.39 is 0 Å². The third kappa shape index (κ3) is 3.14. The minimum Gasteiger partial charge on any atom is -0.497 e. The molecule has 0 saturated carbocycles. The van der Waals surface area contributed by atoms with Crippen molar-refractivity contribution in [3.8, 4) is 5.75 Å². The lowest BCUT2D eigenvalue weighted by Crippen LogP contribution is -2.38. The predicted molar refractivity (Wildman–Crippen MR) is 96.9 cm³/mol. The van der Waals surface area contributed by atoms with E-state index in [9.17, 15) is 9.18 Å². The number of carbonyl (C=O) groups excluding carboxylic acids is 1. The highest BCUT2D eigenvalue weighted by molar-refractivity contribution is 5.94. The Morgan fingerprint density at radius 3 is 2.81 bits per heavy atom. The van der Waals surface area contributed by atoms with Gasteiger partial charge in [0.05, 0.1) is 18.1 Å². The molecule has 1 aromatic heterocycles. The number of fused-ring (bicyclic) bond motifs is 1. The quantitative estimate of drug-likeness (QED) is 0.780. The Labute approximate surface area is 150 Å². The van der Waals surface area contributed by atoms with Gasteiger partial charge in [-0.3, -0.25) is 4.79 Å². The summed E-state index contributed by atoms with van der Waals surface area (Å²) >= 11 is 0. The standard InChI is InChI=1S/C20H20FN3O2/c1-26-16-4-2-3-14(11-16)20(25)24-9-7-13(8-10-24)19-22-17-6-5-15(21)12-18(17)23-19/h2-6,11-13H,7-10H2,1H3,(H,22,23). The van der Waals surface area contributed by atoms with Crippen molar-refractivity contribution < 1.29 is 13.9 Å². The smallest absolute Gasteiger partial charge is 0.253 e. The number of carbonyl (C=O) groups is 1. The van der Waals surface area contributed by atoms with Crippen molar-refractivity contribution in [2.75, 3.05) is 20.2 Å². The average Bonchev–Trinajstić information content (AvgIpc) is 3.10. The number of halogens is 1. The average molecular weight is 353 g/mol. The zero-order chi connectivity index (χ0) is 18.1. The van der Waals surface area contributed by atoms with Gasteiger partial charge >= 0.3 is 0 Å². The van der Waals surface area contributed by atoms with E-state index in [2.05, 4.69) is 9.97 Å². The molecule has 1 aliphatic heterocycles. The number of hydrogen-bond donors (Lipinski definition) is 1. The molecule has 0 atom stereocenters. The highest BCUT2D eigenvalue weighted by atomic mass is 19.1. The van der Waals surface area contributed by atoms with Crippen molar-refractivity contribution in [3.05, 3.63) is 59.7 Å². The number of ether oxygens (including phenoxy) is 1. The topological polar surface area (TPSA) is 58.2 Å². The van der Waals surface area contributed by atoms with Crippen LogP contribution in [-0.4, -0.2) is 41.0 Å². The van der Waals surface area contributed by atoms with E-state index in [0.29, 0.717) is 24.4 Å². The molecule has 0 unspecified atom stereocenters. The van der Waals surface area contributed by atoms with Crippen LogP contribution in [0.4, 0.5) is 4.39 Å². The van der Waals surface area contributed by atoms with Crippen LogP contribution in [0.25, 0.3) is 11.0 Å². The molecule has 1 saturated heterocycles. The Balaban J connectivity index is 1.45. The van der Waals surface area contributed by atoms with Crippen LogP contribution in [0.2, 0.25) is 0 Å². The number of H-pyrrole nitrogens is 1. The second-order valence-electron chi connectivity index (χ2n) is 6.58. The molecule has 6 heteroatoms. The highest BCUT2D eigenvalue weighted by Crippen LogP contribution is 2.29. The zero-order valence-electron chi connectivity index (χ0n) is 14.5.